The first-order valence-corrected chi connectivity index (χ1v) is 1.42. The van der Waals surface area contributed by atoms with Crippen LogP contribution in [0.15, 0.2) is 17.7 Å². The molecule has 0 aromatic carbocycles. The maximum atomic E-state index is 9.08. The van der Waals surface area contributed by atoms with Crippen molar-refractivity contribution >= 4 is 0 Å². The smallest absolute Gasteiger partial charge is 0.160 e. The van der Waals surface area contributed by atoms with Gasteiger partial charge in [0.1, 0.15) is 5.76 Å². The van der Waals surface area contributed by atoms with Gasteiger partial charge < -0.3 is 4.84 Å². The Morgan fingerprint density at radius 3 is 2.50 bits per heavy atom. The van der Waals surface area contributed by atoms with Crippen LogP contribution >= 0.6 is 0 Å². The van der Waals surface area contributed by atoms with E-state index >= 15 is 0 Å². The third-order valence-electron chi connectivity index (χ3n) is 0.193. The lowest BCUT2D eigenvalue weighted by Crippen LogP contribution is -1.68. The summed E-state index contributed by atoms with van der Waals surface area (Å²) < 4.78 is 0. The summed E-state index contributed by atoms with van der Waals surface area (Å²) in [5.74, 6) is 0.310. The van der Waals surface area contributed by atoms with Crippen molar-refractivity contribution in [3.63, 3.8) is 0 Å². The molecule has 3 nitrogen and oxygen atoms in total. The summed E-state index contributed by atoms with van der Waals surface area (Å²) >= 11 is 0. The molecule has 0 rings (SSSR count). The molecule has 0 spiro atoms. The largest absolute Gasteiger partial charge is 0.330 e. The minimum absolute atomic E-state index is 0.310. The predicted molar refractivity (Wildman–Crippen MR) is 21.7 cm³/mol. The molecular weight excluding hydrogens is 82.0 g/mol. The van der Waals surface area contributed by atoms with E-state index in [4.69, 9.17) is 4.91 Å². The maximum absolute atomic E-state index is 9.08. The fraction of sp³-hybridized carbons (Fsp3) is 0.333. The summed E-state index contributed by atoms with van der Waals surface area (Å²) in [5, 5.41) is 2.09. The number of rotatable bonds is 2. The van der Waals surface area contributed by atoms with E-state index in [-0.39, 0.29) is 0 Å². The molecular formula is C3H5NO2. The quantitative estimate of drug-likeness (QED) is 0.288. The third-order valence-corrected chi connectivity index (χ3v) is 0.193. The Bertz CT molecular complexity index is 69.2. The zero-order valence-electron chi connectivity index (χ0n) is 3.47. The van der Waals surface area contributed by atoms with Crippen molar-refractivity contribution in [3.8, 4) is 0 Å². The normalized spacial score (nSPS) is 6.83. The van der Waals surface area contributed by atoms with Crippen molar-refractivity contribution in [1.29, 1.82) is 0 Å². The molecule has 0 aromatic heterocycles. The van der Waals surface area contributed by atoms with Crippen molar-refractivity contribution in [2.45, 2.75) is 6.92 Å². The van der Waals surface area contributed by atoms with Gasteiger partial charge in [-0.15, -0.1) is 4.91 Å². The van der Waals surface area contributed by atoms with Crippen LogP contribution in [0.2, 0.25) is 0 Å². The van der Waals surface area contributed by atoms with Gasteiger partial charge in [0.2, 0.25) is 0 Å². The molecule has 0 atom stereocenters. The van der Waals surface area contributed by atoms with Crippen LogP contribution in [0.5, 0.6) is 0 Å². The standard InChI is InChI=1S/C3H5NO2/c1-3(2)6-4-5/h1H2,2H3. The predicted octanol–water partition coefficient (Wildman–Crippen LogP) is 1.22. The van der Waals surface area contributed by atoms with E-state index in [1.807, 2.05) is 0 Å². The van der Waals surface area contributed by atoms with Gasteiger partial charge in [0, 0.05) is 0 Å². The molecule has 34 valence electrons. The van der Waals surface area contributed by atoms with Crippen LogP contribution in [-0.2, 0) is 4.84 Å². The van der Waals surface area contributed by atoms with Crippen LogP contribution in [0.4, 0.5) is 0 Å². The molecule has 0 heterocycles. The summed E-state index contributed by atoms with van der Waals surface area (Å²) in [7, 11) is 0. The van der Waals surface area contributed by atoms with Gasteiger partial charge in [0.05, 0.1) is 0 Å². The van der Waals surface area contributed by atoms with Crippen LogP contribution < -0.4 is 0 Å². The zero-order valence-corrected chi connectivity index (χ0v) is 3.47. The Balaban J connectivity index is 3.05. The van der Waals surface area contributed by atoms with Gasteiger partial charge in [-0.1, -0.05) is 6.58 Å². The second-order valence-electron chi connectivity index (χ2n) is 0.868. The highest BCUT2D eigenvalue weighted by atomic mass is 16.7. The SMILES string of the molecule is C=C(C)ON=O. The van der Waals surface area contributed by atoms with E-state index in [1.165, 1.54) is 0 Å². The topological polar surface area (TPSA) is 38.7 Å². The lowest BCUT2D eigenvalue weighted by atomic mass is 10.7. The number of hydrogen-bond donors (Lipinski definition) is 0. The van der Waals surface area contributed by atoms with Crippen molar-refractivity contribution in [2.24, 2.45) is 5.34 Å². The fourth-order valence-electron chi connectivity index (χ4n) is 0.0636. The second-order valence-corrected chi connectivity index (χ2v) is 0.868. The van der Waals surface area contributed by atoms with E-state index in [2.05, 4.69) is 16.8 Å². The lowest BCUT2D eigenvalue weighted by molar-refractivity contribution is 0.226. The van der Waals surface area contributed by atoms with Crippen molar-refractivity contribution in [1.82, 2.24) is 0 Å². The maximum Gasteiger partial charge on any atom is 0.160 e. The van der Waals surface area contributed by atoms with Crippen LogP contribution in [0, 0.1) is 4.91 Å². The molecule has 0 radical (unpaired) electrons. The minimum atomic E-state index is 0.310. The Morgan fingerprint density at radius 2 is 2.50 bits per heavy atom. The molecule has 0 fully saturated rings. The van der Waals surface area contributed by atoms with E-state index in [9.17, 15) is 0 Å². The molecule has 0 amide bonds. The zero-order chi connectivity index (χ0) is 4.99. The number of nitrogens with zero attached hydrogens (tertiary/aromatic N) is 1. The molecule has 0 aliphatic carbocycles. The first-order chi connectivity index (χ1) is 2.77. The van der Waals surface area contributed by atoms with E-state index in [0.717, 1.165) is 0 Å². The first kappa shape index (κ1) is 5.14. The highest BCUT2D eigenvalue weighted by molar-refractivity contribution is 4.71. The summed E-state index contributed by atoms with van der Waals surface area (Å²) in [6.07, 6.45) is 0. The molecule has 6 heavy (non-hydrogen) atoms. The van der Waals surface area contributed by atoms with Gasteiger partial charge >= 0.3 is 0 Å². The van der Waals surface area contributed by atoms with E-state index < -0.39 is 0 Å². The van der Waals surface area contributed by atoms with Gasteiger partial charge in [-0.05, 0) is 6.92 Å². The molecule has 0 unspecified atom stereocenters. The fourth-order valence-corrected chi connectivity index (χ4v) is 0.0636. The summed E-state index contributed by atoms with van der Waals surface area (Å²) in [6, 6.07) is 0. The Morgan fingerprint density at radius 1 is 2.00 bits per heavy atom. The first-order valence-electron chi connectivity index (χ1n) is 1.42. The highest BCUT2D eigenvalue weighted by Gasteiger charge is 1.74. The summed E-state index contributed by atoms with van der Waals surface area (Å²) in [6.45, 7) is 4.77. The van der Waals surface area contributed by atoms with Crippen molar-refractivity contribution in [3.05, 3.63) is 17.2 Å². The Kier molecular flexibility index (Phi) is 2.04. The van der Waals surface area contributed by atoms with E-state index in [0.29, 0.717) is 5.76 Å². The van der Waals surface area contributed by atoms with Crippen LogP contribution in [0.3, 0.4) is 0 Å². The van der Waals surface area contributed by atoms with Gasteiger partial charge in [-0.3, -0.25) is 0 Å². The van der Waals surface area contributed by atoms with Crippen molar-refractivity contribution < 1.29 is 4.84 Å². The van der Waals surface area contributed by atoms with Gasteiger partial charge in [0.25, 0.3) is 0 Å². The molecule has 0 saturated carbocycles. The van der Waals surface area contributed by atoms with Crippen molar-refractivity contribution in [2.75, 3.05) is 0 Å². The number of hydrogen-bond acceptors (Lipinski definition) is 3. The Labute approximate surface area is 35.5 Å². The summed E-state index contributed by atoms with van der Waals surface area (Å²) in [4.78, 5) is 13.0. The van der Waals surface area contributed by atoms with Crippen LogP contribution in [0.25, 0.3) is 0 Å². The van der Waals surface area contributed by atoms with Crippen LogP contribution in [-0.4, -0.2) is 0 Å². The summed E-state index contributed by atoms with van der Waals surface area (Å²) in [5.41, 5.74) is 0. The van der Waals surface area contributed by atoms with Gasteiger partial charge in [-0.2, -0.15) is 0 Å². The molecule has 0 aliphatic rings. The molecule has 0 bridgehead atoms. The second kappa shape index (κ2) is 2.38. The Hall–Kier alpha value is -0.860. The molecule has 3 heteroatoms. The third kappa shape index (κ3) is 3.14. The minimum Gasteiger partial charge on any atom is -0.330 e. The van der Waals surface area contributed by atoms with Gasteiger partial charge in [0.15, 0.2) is 5.34 Å². The average Bonchev–Trinajstić information content (AvgIpc) is 1.35. The van der Waals surface area contributed by atoms with Crippen LogP contribution in [0.1, 0.15) is 6.92 Å². The lowest BCUT2D eigenvalue weighted by Gasteiger charge is -1.82. The monoisotopic (exact) mass is 87.0 g/mol. The molecule has 0 N–H and O–H groups in total. The van der Waals surface area contributed by atoms with Gasteiger partial charge in [-0.25, -0.2) is 0 Å². The van der Waals surface area contributed by atoms with E-state index in [1.54, 1.807) is 6.92 Å². The average molecular weight is 87.1 g/mol. The molecule has 0 aromatic rings. The molecule has 0 aliphatic heterocycles. The number of allylic oxidation sites excluding steroid dienone is 1. The highest BCUT2D eigenvalue weighted by Crippen LogP contribution is 1.86. The molecule has 0 saturated heterocycles.